The summed E-state index contributed by atoms with van der Waals surface area (Å²) in [5, 5.41) is 12.0. The lowest BCUT2D eigenvalue weighted by atomic mass is 10.0. The zero-order valence-corrected chi connectivity index (χ0v) is 17.2. The molecule has 5 rings (SSSR count). The molecule has 0 bridgehead atoms. The Labute approximate surface area is 184 Å². The topological polar surface area (TPSA) is 84.8 Å². The molecule has 0 aliphatic heterocycles. The van der Waals surface area contributed by atoms with Gasteiger partial charge in [-0.15, -0.1) is 0 Å². The van der Waals surface area contributed by atoms with Gasteiger partial charge in [0.1, 0.15) is 23.1 Å². The van der Waals surface area contributed by atoms with Crippen molar-refractivity contribution in [2.45, 2.75) is 6.92 Å². The van der Waals surface area contributed by atoms with E-state index in [1.54, 1.807) is 43.0 Å². The van der Waals surface area contributed by atoms with E-state index in [0.717, 1.165) is 16.3 Å². The zero-order valence-electron chi connectivity index (χ0n) is 17.2. The van der Waals surface area contributed by atoms with Crippen molar-refractivity contribution >= 4 is 22.9 Å². The summed E-state index contributed by atoms with van der Waals surface area (Å²) in [6.45, 7) is 2.45. The van der Waals surface area contributed by atoms with Crippen molar-refractivity contribution in [3.63, 3.8) is 0 Å². The van der Waals surface area contributed by atoms with Gasteiger partial charge < -0.3 is 18.0 Å². The van der Waals surface area contributed by atoms with Crippen LogP contribution in [0.5, 0.6) is 5.75 Å². The lowest BCUT2D eigenvalue weighted by Crippen LogP contribution is -1.97. The van der Waals surface area contributed by atoms with Gasteiger partial charge in [-0.2, -0.15) is 5.26 Å². The maximum absolute atomic E-state index is 9.94. The Morgan fingerprint density at radius 1 is 0.969 bits per heavy atom. The summed E-state index contributed by atoms with van der Waals surface area (Å²) < 4.78 is 22.9. The van der Waals surface area contributed by atoms with E-state index in [2.05, 4.69) is 11.1 Å². The van der Waals surface area contributed by atoms with Gasteiger partial charge in [0.2, 0.25) is 5.88 Å². The van der Waals surface area contributed by atoms with Gasteiger partial charge in [-0.05, 0) is 48.0 Å². The Balaban J connectivity index is 1.69. The van der Waals surface area contributed by atoms with Crippen molar-refractivity contribution in [1.29, 1.82) is 5.26 Å². The fourth-order valence-corrected chi connectivity index (χ4v) is 3.66. The highest BCUT2D eigenvalue weighted by molar-refractivity contribution is 6.03. The van der Waals surface area contributed by atoms with E-state index in [4.69, 9.17) is 18.0 Å². The molecule has 0 atom stereocenters. The highest BCUT2D eigenvalue weighted by atomic mass is 16.5. The quantitative estimate of drug-likeness (QED) is 0.276. The maximum Gasteiger partial charge on any atom is 0.238 e. The fraction of sp³-hybridized carbons (Fsp3) is 0.0769. The number of nitrogens with zero attached hydrogens (tertiary/aromatic N) is 2. The molecule has 0 aliphatic rings. The second kappa shape index (κ2) is 8.32. The number of rotatable bonds is 6. The molecule has 2 aromatic carbocycles. The van der Waals surface area contributed by atoms with E-state index in [1.807, 2.05) is 43.3 Å². The van der Waals surface area contributed by atoms with Crippen LogP contribution in [0.3, 0.4) is 0 Å². The minimum absolute atomic E-state index is 0.167. The Kier molecular flexibility index (Phi) is 5.06. The van der Waals surface area contributed by atoms with Gasteiger partial charge in [0, 0.05) is 11.8 Å². The van der Waals surface area contributed by atoms with Crippen LogP contribution in [0.25, 0.3) is 33.6 Å². The minimum Gasteiger partial charge on any atom is -0.493 e. The molecule has 3 aromatic heterocycles. The summed E-state index contributed by atoms with van der Waals surface area (Å²) in [5.41, 5.74) is 1.58. The SMILES string of the molecule is CCOc1ccc2ccccc2c1C=Nc1oc(-c2ccco2)c(-c2ccco2)c1C#N. The number of hydrogen-bond donors (Lipinski definition) is 0. The first-order chi connectivity index (χ1) is 15.8. The normalized spacial score (nSPS) is 11.2. The van der Waals surface area contributed by atoms with E-state index in [0.29, 0.717) is 35.2 Å². The largest absolute Gasteiger partial charge is 0.493 e. The molecule has 0 saturated heterocycles. The number of aliphatic imine (C=N–C) groups is 1. The molecule has 3 heterocycles. The predicted octanol–water partition coefficient (Wildman–Crippen LogP) is 6.97. The van der Waals surface area contributed by atoms with Crippen LogP contribution in [-0.2, 0) is 0 Å². The van der Waals surface area contributed by atoms with Gasteiger partial charge in [0.05, 0.1) is 24.7 Å². The maximum atomic E-state index is 9.94. The van der Waals surface area contributed by atoms with Crippen molar-refractivity contribution in [3.8, 4) is 34.7 Å². The first-order valence-electron chi connectivity index (χ1n) is 10.1. The van der Waals surface area contributed by atoms with Crippen LogP contribution in [0.4, 0.5) is 5.88 Å². The summed E-state index contributed by atoms with van der Waals surface area (Å²) in [4.78, 5) is 4.56. The third-order valence-electron chi connectivity index (χ3n) is 5.06. The van der Waals surface area contributed by atoms with Crippen molar-refractivity contribution in [2.24, 2.45) is 4.99 Å². The minimum atomic E-state index is 0.167. The first kappa shape index (κ1) is 19.5. The van der Waals surface area contributed by atoms with E-state index in [9.17, 15) is 5.26 Å². The monoisotopic (exact) mass is 422 g/mol. The van der Waals surface area contributed by atoms with Crippen LogP contribution >= 0.6 is 0 Å². The summed E-state index contributed by atoms with van der Waals surface area (Å²) in [7, 11) is 0. The van der Waals surface area contributed by atoms with E-state index in [1.165, 1.54) is 0 Å². The molecule has 5 aromatic rings. The van der Waals surface area contributed by atoms with Gasteiger partial charge in [0.25, 0.3) is 0 Å². The molecular weight excluding hydrogens is 404 g/mol. The van der Waals surface area contributed by atoms with E-state index in [-0.39, 0.29) is 11.4 Å². The molecule has 0 N–H and O–H groups in total. The number of nitriles is 1. The fourth-order valence-electron chi connectivity index (χ4n) is 3.66. The van der Waals surface area contributed by atoms with Crippen LogP contribution < -0.4 is 4.74 Å². The van der Waals surface area contributed by atoms with Crippen LogP contribution in [0.2, 0.25) is 0 Å². The van der Waals surface area contributed by atoms with Gasteiger partial charge in [-0.25, -0.2) is 4.99 Å². The van der Waals surface area contributed by atoms with Crippen LogP contribution in [0, 0.1) is 11.3 Å². The molecule has 6 nitrogen and oxygen atoms in total. The van der Waals surface area contributed by atoms with Crippen molar-refractivity contribution in [1.82, 2.24) is 0 Å². The lowest BCUT2D eigenvalue weighted by Gasteiger charge is -2.09. The Hall–Kier alpha value is -4.50. The summed E-state index contributed by atoms with van der Waals surface area (Å²) in [5.74, 6) is 2.24. The van der Waals surface area contributed by atoms with Crippen molar-refractivity contribution in [2.75, 3.05) is 6.61 Å². The number of ether oxygens (including phenoxy) is 1. The first-order valence-corrected chi connectivity index (χ1v) is 10.1. The molecule has 0 fully saturated rings. The van der Waals surface area contributed by atoms with E-state index < -0.39 is 0 Å². The number of hydrogen-bond acceptors (Lipinski definition) is 6. The molecule has 32 heavy (non-hydrogen) atoms. The second-order valence-electron chi connectivity index (χ2n) is 6.94. The molecule has 0 radical (unpaired) electrons. The van der Waals surface area contributed by atoms with Crippen LogP contribution in [0.1, 0.15) is 18.1 Å². The Bertz CT molecular complexity index is 1440. The third-order valence-corrected chi connectivity index (χ3v) is 5.06. The van der Waals surface area contributed by atoms with Gasteiger partial charge in [-0.3, -0.25) is 0 Å². The van der Waals surface area contributed by atoms with Gasteiger partial charge >= 0.3 is 0 Å². The van der Waals surface area contributed by atoms with Gasteiger partial charge in [-0.1, -0.05) is 30.3 Å². The molecular formula is C26H18N2O4. The molecule has 0 unspecified atom stereocenters. The Morgan fingerprint density at radius 2 is 1.75 bits per heavy atom. The molecule has 156 valence electrons. The summed E-state index contributed by atoms with van der Waals surface area (Å²) >= 11 is 0. The number of fused-ring (bicyclic) bond motifs is 1. The number of benzene rings is 2. The molecule has 0 spiro atoms. The van der Waals surface area contributed by atoms with E-state index >= 15 is 0 Å². The molecule has 0 saturated carbocycles. The third kappa shape index (κ3) is 3.36. The average Bonchev–Trinajstić information content (AvgIpc) is 3.58. The van der Waals surface area contributed by atoms with Crippen molar-refractivity contribution in [3.05, 3.63) is 84.3 Å². The highest BCUT2D eigenvalue weighted by Gasteiger charge is 2.26. The molecule has 6 heteroatoms. The molecule has 0 amide bonds. The lowest BCUT2D eigenvalue weighted by molar-refractivity contribution is 0.340. The smallest absolute Gasteiger partial charge is 0.238 e. The number of furan rings is 3. The highest BCUT2D eigenvalue weighted by Crippen LogP contribution is 2.43. The summed E-state index contributed by atoms with van der Waals surface area (Å²) in [6.07, 6.45) is 4.76. The predicted molar refractivity (Wildman–Crippen MR) is 121 cm³/mol. The summed E-state index contributed by atoms with van der Waals surface area (Å²) in [6, 6.07) is 21.2. The van der Waals surface area contributed by atoms with Crippen molar-refractivity contribution < 1.29 is 18.0 Å². The zero-order chi connectivity index (χ0) is 21.9. The van der Waals surface area contributed by atoms with Crippen LogP contribution in [0.15, 0.2) is 91.4 Å². The Morgan fingerprint density at radius 3 is 2.47 bits per heavy atom. The standard InChI is InChI=1S/C26H18N2O4/c1-2-29-21-12-11-17-7-3-4-8-18(17)20(21)16-28-26-19(15-27)24(22-9-5-13-30-22)25(32-26)23-10-6-14-31-23/h3-14,16H,2H2,1H3. The second-order valence-corrected chi connectivity index (χ2v) is 6.94. The van der Waals surface area contributed by atoms with Gasteiger partial charge in [0.15, 0.2) is 11.5 Å². The molecule has 0 aliphatic carbocycles. The average molecular weight is 422 g/mol. The van der Waals surface area contributed by atoms with Crippen LogP contribution in [-0.4, -0.2) is 12.8 Å².